The summed E-state index contributed by atoms with van der Waals surface area (Å²) in [6, 6.07) is 1.63. The number of nitrogens with zero attached hydrogens (tertiary/aromatic N) is 3. The van der Waals surface area contributed by atoms with E-state index in [4.69, 9.17) is 21.1 Å². The summed E-state index contributed by atoms with van der Waals surface area (Å²) in [5.41, 5.74) is 0.902. The molecule has 10 heteroatoms. The zero-order valence-corrected chi connectivity index (χ0v) is 21.9. The Labute approximate surface area is 208 Å². The van der Waals surface area contributed by atoms with Gasteiger partial charge in [0.2, 0.25) is 11.8 Å². The summed E-state index contributed by atoms with van der Waals surface area (Å²) in [7, 11) is 0.438. The van der Waals surface area contributed by atoms with Crippen LogP contribution in [0.25, 0.3) is 10.8 Å². The summed E-state index contributed by atoms with van der Waals surface area (Å²) in [5.74, 6) is 0.648. The van der Waals surface area contributed by atoms with E-state index in [2.05, 4.69) is 14.7 Å². The van der Waals surface area contributed by atoms with E-state index < -0.39 is 15.7 Å². The highest BCUT2D eigenvalue weighted by Gasteiger charge is 2.42. The lowest BCUT2D eigenvalue weighted by Gasteiger charge is -2.43. The highest BCUT2D eigenvalue weighted by Crippen LogP contribution is 2.37. The van der Waals surface area contributed by atoms with Crippen LogP contribution < -0.4 is 9.46 Å². The van der Waals surface area contributed by atoms with Gasteiger partial charge in [0.1, 0.15) is 11.3 Å². The first-order valence-corrected chi connectivity index (χ1v) is 13.2. The smallest absolute Gasteiger partial charge is 0.226 e. The molecule has 1 amide bonds. The van der Waals surface area contributed by atoms with Gasteiger partial charge in [-0.1, -0.05) is 18.5 Å². The molecule has 2 unspecified atom stereocenters. The van der Waals surface area contributed by atoms with Gasteiger partial charge in [-0.15, -0.1) is 0 Å². The summed E-state index contributed by atoms with van der Waals surface area (Å²) in [5, 5.41) is 1.99. The molecule has 2 fully saturated rings. The molecule has 186 valence electrons. The molecule has 2 aliphatic rings. The average molecular weight is 509 g/mol. The van der Waals surface area contributed by atoms with E-state index in [-0.39, 0.29) is 30.1 Å². The number of rotatable bonds is 8. The lowest BCUT2D eigenvalue weighted by Crippen LogP contribution is -2.58. The molecule has 1 saturated carbocycles. The number of carbonyl (C=O) groups is 1. The van der Waals surface area contributed by atoms with Crippen molar-refractivity contribution in [3.8, 4) is 5.88 Å². The molecule has 0 bridgehead atoms. The van der Waals surface area contributed by atoms with Crippen molar-refractivity contribution in [1.82, 2.24) is 19.6 Å². The van der Waals surface area contributed by atoms with E-state index in [9.17, 15) is 9.00 Å². The minimum atomic E-state index is -1.24. The Balaban J connectivity index is 1.49. The van der Waals surface area contributed by atoms with Crippen LogP contribution >= 0.6 is 11.6 Å². The predicted molar refractivity (Wildman–Crippen MR) is 133 cm³/mol. The van der Waals surface area contributed by atoms with Gasteiger partial charge < -0.3 is 14.4 Å². The van der Waals surface area contributed by atoms with Crippen molar-refractivity contribution in [2.45, 2.75) is 70.0 Å². The number of nitrogens with one attached hydrogen (secondary N) is 1. The standard InChI is InChI=1S/C24H33ClN4O4S/c1-6-20(28-34(31)24(2,3)4)18-10-27-22(19-11-26-21(25)9-17(18)19)33-15-7-14(8-15)23(30)29-12-16(13-29)32-5/h9-11,14-16,20,28H,6-8,12-13H2,1-5H3. The highest BCUT2D eigenvalue weighted by atomic mass is 35.5. The summed E-state index contributed by atoms with van der Waals surface area (Å²) >= 11 is 6.23. The van der Waals surface area contributed by atoms with E-state index >= 15 is 0 Å². The lowest BCUT2D eigenvalue weighted by molar-refractivity contribution is -0.153. The third-order valence-electron chi connectivity index (χ3n) is 6.54. The van der Waals surface area contributed by atoms with E-state index in [1.807, 2.05) is 32.6 Å². The van der Waals surface area contributed by atoms with Crippen LogP contribution in [0, 0.1) is 5.92 Å². The molecule has 4 rings (SSSR count). The zero-order chi connectivity index (χ0) is 24.6. The number of likely N-dealkylation sites (tertiary alicyclic amines) is 1. The molecule has 1 aliphatic heterocycles. The van der Waals surface area contributed by atoms with E-state index in [0.717, 1.165) is 22.8 Å². The Kier molecular flexibility index (Phi) is 7.47. The van der Waals surface area contributed by atoms with Gasteiger partial charge in [-0.25, -0.2) is 18.9 Å². The Morgan fingerprint density at radius 2 is 1.94 bits per heavy atom. The quantitative estimate of drug-likeness (QED) is 0.545. The maximum absolute atomic E-state index is 12.7. The summed E-state index contributed by atoms with van der Waals surface area (Å²) < 4.78 is 27.0. The predicted octanol–water partition coefficient (Wildman–Crippen LogP) is 3.80. The van der Waals surface area contributed by atoms with Gasteiger partial charge in [-0.05, 0) is 57.0 Å². The average Bonchev–Trinajstić information content (AvgIpc) is 2.72. The Hall–Kier alpha value is -1.81. The minimum absolute atomic E-state index is 0.0121. The van der Waals surface area contributed by atoms with Crippen molar-refractivity contribution in [1.29, 1.82) is 0 Å². The second kappa shape index (κ2) is 10.0. The molecule has 0 spiro atoms. The summed E-state index contributed by atoms with van der Waals surface area (Å²) in [6.07, 6.45) is 5.59. The molecule has 1 N–H and O–H groups in total. The first kappa shape index (κ1) is 25.3. The van der Waals surface area contributed by atoms with Crippen molar-refractivity contribution in [3.05, 3.63) is 29.2 Å². The molecular weight excluding hydrogens is 476 g/mol. The summed E-state index contributed by atoms with van der Waals surface area (Å²) in [4.78, 5) is 23.3. The molecule has 1 aliphatic carbocycles. The van der Waals surface area contributed by atoms with Crippen LogP contribution in [0.2, 0.25) is 5.15 Å². The second-order valence-corrected chi connectivity index (χ2v) is 12.4. The molecule has 0 aromatic carbocycles. The first-order valence-electron chi connectivity index (χ1n) is 11.7. The Bertz CT molecular complexity index is 1080. The molecule has 2 aromatic rings. The number of ether oxygens (including phenoxy) is 2. The van der Waals surface area contributed by atoms with Crippen LogP contribution in [-0.4, -0.2) is 62.1 Å². The Morgan fingerprint density at radius 1 is 1.24 bits per heavy atom. The third kappa shape index (κ3) is 5.22. The monoisotopic (exact) mass is 508 g/mol. The van der Waals surface area contributed by atoms with Crippen LogP contribution in [0.15, 0.2) is 18.5 Å². The number of hydrogen-bond donors (Lipinski definition) is 1. The molecule has 2 aromatic heterocycles. The van der Waals surface area contributed by atoms with Crippen molar-refractivity contribution < 1.29 is 18.5 Å². The van der Waals surface area contributed by atoms with E-state index in [1.54, 1.807) is 25.6 Å². The molecule has 1 saturated heterocycles. The molecule has 0 radical (unpaired) electrons. The lowest BCUT2D eigenvalue weighted by atomic mass is 9.80. The van der Waals surface area contributed by atoms with Crippen LogP contribution in [0.3, 0.4) is 0 Å². The fourth-order valence-corrected chi connectivity index (χ4v) is 5.26. The van der Waals surface area contributed by atoms with Crippen LogP contribution in [-0.2, 0) is 20.5 Å². The third-order valence-corrected chi connectivity index (χ3v) is 8.36. The number of halogens is 1. The Morgan fingerprint density at radius 3 is 2.56 bits per heavy atom. The van der Waals surface area contributed by atoms with Crippen LogP contribution in [0.5, 0.6) is 5.88 Å². The van der Waals surface area contributed by atoms with Crippen molar-refractivity contribution in [3.63, 3.8) is 0 Å². The van der Waals surface area contributed by atoms with E-state index in [0.29, 0.717) is 37.0 Å². The van der Waals surface area contributed by atoms with Crippen molar-refractivity contribution in [2.75, 3.05) is 20.2 Å². The minimum Gasteiger partial charge on any atom is -0.474 e. The summed E-state index contributed by atoms with van der Waals surface area (Å²) in [6.45, 7) is 9.19. The topological polar surface area (TPSA) is 93.6 Å². The van der Waals surface area contributed by atoms with Gasteiger partial charge in [0.25, 0.3) is 0 Å². The number of carbonyl (C=O) groups excluding carboxylic acids is 1. The van der Waals surface area contributed by atoms with Crippen molar-refractivity contribution >= 4 is 39.3 Å². The van der Waals surface area contributed by atoms with Gasteiger partial charge in [0.15, 0.2) is 0 Å². The number of methoxy groups -OCH3 is 1. The second-order valence-electron chi connectivity index (χ2n) is 10.0. The molecule has 3 heterocycles. The number of hydrogen-bond acceptors (Lipinski definition) is 6. The fraction of sp³-hybridized carbons (Fsp3) is 0.625. The number of aromatic nitrogens is 2. The first-order chi connectivity index (χ1) is 16.1. The normalized spacial score (nSPS) is 22.7. The van der Waals surface area contributed by atoms with Crippen LogP contribution in [0.1, 0.15) is 58.6 Å². The van der Waals surface area contributed by atoms with Gasteiger partial charge in [0, 0.05) is 44.6 Å². The fourth-order valence-electron chi connectivity index (χ4n) is 4.20. The maximum Gasteiger partial charge on any atom is 0.226 e. The molecule has 34 heavy (non-hydrogen) atoms. The molecule has 8 nitrogen and oxygen atoms in total. The zero-order valence-electron chi connectivity index (χ0n) is 20.3. The van der Waals surface area contributed by atoms with Gasteiger partial charge in [0.05, 0.1) is 27.2 Å². The number of fused-ring (bicyclic) bond motifs is 1. The molecule has 2 atom stereocenters. The van der Waals surface area contributed by atoms with Crippen molar-refractivity contribution in [2.24, 2.45) is 5.92 Å². The highest BCUT2D eigenvalue weighted by molar-refractivity contribution is 7.84. The van der Waals surface area contributed by atoms with Gasteiger partial charge in [-0.3, -0.25) is 4.79 Å². The largest absolute Gasteiger partial charge is 0.474 e. The number of pyridine rings is 2. The number of amides is 1. The van der Waals surface area contributed by atoms with Gasteiger partial charge >= 0.3 is 0 Å². The van der Waals surface area contributed by atoms with Gasteiger partial charge in [-0.2, -0.15) is 0 Å². The molecular formula is C24H33ClN4O4S. The van der Waals surface area contributed by atoms with Crippen LogP contribution in [0.4, 0.5) is 0 Å². The van der Waals surface area contributed by atoms with E-state index in [1.165, 1.54) is 0 Å². The maximum atomic E-state index is 12.7. The SMILES string of the molecule is CCC(NS(=O)C(C)(C)C)c1cnc(OC2CC(C(=O)N3CC(OC)C3)C2)c2cnc(Cl)cc12.